The fourth-order valence-corrected chi connectivity index (χ4v) is 4.81. The van der Waals surface area contributed by atoms with Gasteiger partial charge in [0.1, 0.15) is 0 Å². The predicted octanol–water partition coefficient (Wildman–Crippen LogP) is 3.77. The van der Waals surface area contributed by atoms with E-state index in [1.165, 1.54) is 27.7 Å². The second-order valence-corrected chi connectivity index (χ2v) is 8.24. The van der Waals surface area contributed by atoms with E-state index in [4.69, 9.17) is 0 Å². The predicted molar refractivity (Wildman–Crippen MR) is 113 cm³/mol. The fourth-order valence-electron chi connectivity index (χ4n) is 3.20. The second kappa shape index (κ2) is 7.37. The van der Waals surface area contributed by atoms with Crippen LogP contribution in [0.3, 0.4) is 0 Å². The van der Waals surface area contributed by atoms with Gasteiger partial charge in [-0.05, 0) is 32.0 Å². The molecule has 1 aromatic carbocycles. The third-order valence-electron chi connectivity index (χ3n) is 4.62. The molecule has 4 rings (SSSR count). The maximum absolute atomic E-state index is 12.9. The zero-order valence-corrected chi connectivity index (χ0v) is 17.3. The Hall–Kier alpha value is -2.71. The van der Waals surface area contributed by atoms with E-state index in [0.29, 0.717) is 21.6 Å². The first-order valence-electron chi connectivity index (χ1n) is 8.68. The highest BCUT2D eigenvalue weighted by Gasteiger charge is 2.19. The fraction of sp³-hybridized carbons (Fsp3) is 0.200. The first-order chi connectivity index (χ1) is 13.5. The summed E-state index contributed by atoms with van der Waals surface area (Å²) in [5.41, 5.74) is 3.05. The lowest BCUT2D eigenvalue weighted by molar-refractivity contribution is 0.102. The molecule has 3 heterocycles. The Bertz CT molecular complexity index is 1240. The maximum Gasteiger partial charge on any atom is 0.261 e. The highest BCUT2D eigenvalue weighted by Crippen LogP contribution is 2.25. The number of carbonyl (C=O) groups excluding carboxylic acids is 1. The van der Waals surface area contributed by atoms with Gasteiger partial charge in [0.05, 0.1) is 16.7 Å². The molecule has 0 unspecified atom stereocenters. The molecule has 0 fully saturated rings. The Balaban J connectivity index is 1.61. The van der Waals surface area contributed by atoms with Crippen molar-refractivity contribution in [3.8, 4) is 5.13 Å². The number of aryl methyl sites for hydroxylation is 1. The van der Waals surface area contributed by atoms with Gasteiger partial charge in [-0.25, -0.2) is 9.97 Å². The molecular formula is C20H18N4O2S2. The Morgan fingerprint density at radius 1 is 1.25 bits per heavy atom. The van der Waals surface area contributed by atoms with Crippen molar-refractivity contribution in [3.63, 3.8) is 0 Å². The SMILES string of the molecule is Cc1cc(C(=O)CSc2nc3ccccc3c(=O)n2C)c(C)n1-c1nccs1. The molecule has 142 valence electrons. The number of thiazole rings is 1. The third kappa shape index (κ3) is 3.18. The monoisotopic (exact) mass is 410 g/mol. The molecule has 0 N–H and O–H groups in total. The van der Waals surface area contributed by atoms with Crippen LogP contribution >= 0.6 is 23.1 Å². The molecule has 0 aliphatic carbocycles. The van der Waals surface area contributed by atoms with Crippen LogP contribution < -0.4 is 5.56 Å². The lowest BCUT2D eigenvalue weighted by Gasteiger charge is -2.08. The zero-order valence-electron chi connectivity index (χ0n) is 15.7. The van der Waals surface area contributed by atoms with Gasteiger partial charge in [0.15, 0.2) is 16.1 Å². The average Bonchev–Trinajstić information content (AvgIpc) is 3.31. The Morgan fingerprint density at radius 2 is 2.04 bits per heavy atom. The molecule has 4 aromatic rings. The number of fused-ring (bicyclic) bond motifs is 1. The first kappa shape index (κ1) is 18.6. The van der Waals surface area contributed by atoms with Gasteiger partial charge in [0.2, 0.25) is 0 Å². The summed E-state index contributed by atoms with van der Waals surface area (Å²) in [4.78, 5) is 34.3. The van der Waals surface area contributed by atoms with E-state index in [1.807, 2.05) is 48.1 Å². The van der Waals surface area contributed by atoms with E-state index in [0.717, 1.165) is 16.5 Å². The Morgan fingerprint density at radius 3 is 2.79 bits per heavy atom. The van der Waals surface area contributed by atoms with Gasteiger partial charge < -0.3 is 0 Å². The summed E-state index contributed by atoms with van der Waals surface area (Å²) in [7, 11) is 1.68. The van der Waals surface area contributed by atoms with Gasteiger partial charge in [0, 0.05) is 35.6 Å². The molecule has 6 nitrogen and oxygen atoms in total. The van der Waals surface area contributed by atoms with Gasteiger partial charge in [-0.1, -0.05) is 23.9 Å². The Kier molecular flexibility index (Phi) is 4.91. The minimum absolute atomic E-state index is 0.00307. The normalized spacial score (nSPS) is 11.2. The summed E-state index contributed by atoms with van der Waals surface area (Å²) in [5, 5.41) is 3.87. The molecular weight excluding hydrogens is 392 g/mol. The smallest absolute Gasteiger partial charge is 0.261 e. The highest BCUT2D eigenvalue weighted by atomic mass is 32.2. The van der Waals surface area contributed by atoms with Crippen LogP contribution in [0.1, 0.15) is 21.7 Å². The van der Waals surface area contributed by atoms with E-state index in [1.54, 1.807) is 19.3 Å². The van der Waals surface area contributed by atoms with Gasteiger partial charge in [-0.2, -0.15) is 0 Å². The zero-order chi connectivity index (χ0) is 19.8. The summed E-state index contributed by atoms with van der Waals surface area (Å²) < 4.78 is 3.49. The van der Waals surface area contributed by atoms with E-state index in [9.17, 15) is 9.59 Å². The molecule has 0 aliphatic rings. The van der Waals surface area contributed by atoms with Crippen molar-refractivity contribution in [2.75, 3.05) is 5.75 Å². The molecule has 8 heteroatoms. The molecule has 0 aliphatic heterocycles. The molecule has 0 bridgehead atoms. The number of rotatable bonds is 5. The van der Waals surface area contributed by atoms with E-state index in [2.05, 4.69) is 9.97 Å². The largest absolute Gasteiger partial charge is 0.294 e. The van der Waals surface area contributed by atoms with Crippen molar-refractivity contribution < 1.29 is 4.79 Å². The molecule has 0 atom stereocenters. The number of nitrogens with zero attached hydrogens (tertiary/aromatic N) is 4. The third-order valence-corrected chi connectivity index (χ3v) is 6.40. The van der Waals surface area contributed by atoms with E-state index in [-0.39, 0.29) is 17.1 Å². The summed E-state index contributed by atoms with van der Waals surface area (Å²) in [6, 6.07) is 9.14. The number of aromatic nitrogens is 4. The number of Topliss-reactive ketones (excluding diaryl/α,β-unsaturated/α-hetero) is 1. The molecule has 3 aromatic heterocycles. The van der Waals surface area contributed by atoms with Crippen molar-refractivity contribution in [2.45, 2.75) is 19.0 Å². The number of para-hydroxylation sites is 1. The number of benzene rings is 1. The molecule has 28 heavy (non-hydrogen) atoms. The van der Waals surface area contributed by atoms with Gasteiger partial charge in [-0.15, -0.1) is 11.3 Å². The van der Waals surface area contributed by atoms with Crippen molar-refractivity contribution in [2.24, 2.45) is 7.05 Å². The molecule has 0 saturated heterocycles. The van der Waals surface area contributed by atoms with Crippen LogP contribution in [0.15, 0.2) is 51.9 Å². The lowest BCUT2D eigenvalue weighted by Crippen LogP contribution is -2.20. The van der Waals surface area contributed by atoms with Crippen LogP contribution in [0.2, 0.25) is 0 Å². The highest BCUT2D eigenvalue weighted by molar-refractivity contribution is 7.99. The van der Waals surface area contributed by atoms with Crippen LogP contribution in [0.4, 0.5) is 0 Å². The minimum Gasteiger partial charge on any atom is -0.294 e. The van der Waals surface area contributed by atoms with E-state index < -0.39 is 0 Å². The van der Waals surface area contributed by atoms with Crippen LogP contribution in [0, 0.1) is 13.8 Å². The second-order valence-electron chi connectivity index (χ2n) is 6.42. The lowest BCUT2D eigenvalue weighted by atomic mass is 10.2. The first-order valence-corrected chi connectivity index (χ1v) is 10.5. The van der Waals surface area contributed by atoms with Gasteiger partial charge in [0.25, 0.3) is 5.56 Å². The molecule has 0 amide bonds. The van der Waals surface area contributed by atoms with Crippen LogP contribution in [0.5, 0.6) is 0 Å². The topological polar surface area (TPSA) is 69.8 Å². The summed E-state index contributed by atoms with van der Waals surface area (Å²) >= 11 is 2.81. The number of thioether (sulfide) groups is 1. The van der Waals surface area contributed by atoms with Crippen LogP contribution in [0.25, 0.3) is 16.0 Å². The molecule has 0 saturated carbocycles. The summed E-state index contributed by atoms with van der Waals surface area (Å²) in [5.74, 6) is 0.212. The van der Waals surface area contributed by atoms with Gasteiger partial charge in [-0.3, -0.25) is 18.7 Å². The van der Waals surface area contributed by atoms with E-state index >= 15 is 0 Å². The summed E-state index contributed by atoms with van der Waals surface area (Å²) in [6.45, 7) is 3.89. The standard InChI is InChI=1S/C20H18N4O2S2/c1-12-10-15(13(2)24(12)19-21-8-9-27-19)17(25)11-28-20-22-16-7-5-4-6-14(16)18(26)23(20)3/h4-10H,11H2,1-3H3. The minimum atomic E-state index is -0.109. The quantitative estimate of drug-likeness (QED) is 0.285. The Labute approximate surface area is 169 Å². The average molecular weight is 411 g/mol. The van der Waals surface area contributed by atoms with Crippen molar-refractivity contribution in [3.05, 3.63) is 69.2 Å². The number of hydrogen-bond acceptors (Lipinski definition) is 6. The summed E-state index contributed by atoms with van der Waals surface area (Å²) in [6.07, 6.45) is 1.75. The number of carbonyl (C=O) groups is 1. The van der Waals surface area contributed by atoms with Gasteiger partial charge >= 0.3 is 0 Å². The van der Waals surface area contributed by atoms with Crippen LogP contribution in [-0.2, 0) is 7.05 Å². The van der Waals surface area contributed by atoms with Crippen molar-refractivity contribution in [1.82, 2.24) is 19.1 Å². The van der Waals surface area contributed by atoms with Crippen molar-refractivity contribution in [1.29, 1.82) is 0 Å². The molecule has 0 radical (unpaired) electrons. The van der Waals surface area contributed by atoms with Crippen molar-refractivity contribution >= 4 is 39.8 Å². The maximum atomic E-state index is 12.9. The number of hydrogen-bond donors (Lipinski definition) is 0. The molecule has 0 spiro atoms. The van der Waals surface area contributed by atoms with Crippen LogP contribution in [-0.4, -0.2) is 30.6 Å². The number of ketones is 1.